The predicted molar refractivity (Wildman–Crippen MR) is 68.9 cm³/mol. The molecule has 0 amide bonds. The fourth-order valence-electron chi connectivity index (χ4n) is 1.88. The zero-order chi connectivity index (χ0) is 12.5. The lowest BCUT2D eigenvalue weighted by atomic mass is 10.1. The fraction of sp³-hybridized carbons (Fsp3) is 0.500. The molecule has 1 aromatic rings. The summed E-state index contributed by atoms with van der Waals surface area (Å²) in [6.07, 6.45) is 2.20. The van der Waals surface area contributed by atoms with Crippen LogP contribution in [0, 0.1) is 5.92 Å². The Morgan fingerprint density at radius 1 is 1.59 bits per heavy atom. The van der Waals surface area contributed by atoms with E-state index in [-0.39, 0.29) is 17.4 Å². The number of halogens is 1. The summed E-state index contributed by atoms with van der Waals surface area (Å²) in [7, 11) is -2.83. The summed E-state index contributed by atoms with van der Waals surface area (Å²) in [5.74, 6) is 1.21. The molecule has 0 aromatic carbocycles. The number of pyridine rings is 1. The van der Waals surface area contributed by atoms with Crippen molar-refractivity contribution in [1.82, 2.24) is 4.98 Å². The molecular formula is C10H14ClN3O2S. The maximum absolute atomic E-state index is 11.3. The van der Waals surface area contributed by atoms with E-state index in [2.05, 4.69) is 10.3 Å². The summed E-state index contributed by atoms with van der Waals surface area (Å²) in [5.41, 5.74) is 6.20. The second-order valence-electron chi connectivity index (χ2n) is 4.24. The molecule has 1 aliphatic rings. The molecule has 5 nitrogen and oxygen atoms in total. The van der Waals surface area contributed by atoms with Crippen LogP contribution >= 0.6 is 11.6 Å². The van der Waals surface area contributed by atoms with E-state index in [4.69, 9.17) is 17.3 Å². The first kappa shape index (κ1) is 12.4. The Balaban J connectivity index is 1.95. The molecule has 0 bridgehead atoms. The van der Waals surface area contributed by atoms with E-state index in [9.17, 15) is 8.42 Å². The minimum Gasteiger partial charge on any atom is -0.396 e. The number of rotatable bonds is 3. The molecule has 1 aromatic heterocycles. The van der Waals surface area contributed by atoms with Gasteiger partial charge in [0, 0.05) is 12.7 Å². The van der Waals surface area contributed by atoms with E-state index in [1.54, 1.807) is 6.07 Å². The monoisotopic (exact) mass is 275 g/mol. The third kappa shape index (κ3) is 3.23. The number of nitrogens with zero attached hydrogens (tertiary/aromatic N) is 1. The van der Waals surface area contributed by atoms with Gasteiger partial charge >= 0.3 is 0 Å². The lowest BCUT2D eigenvalue weighted by Crippen LogP contribution is -2.17. The van der Waals surface area contributed by atoms with Crippen molar-refractivity contribution in [3.05, 3.63) is 17.3 Å². The summed E-state index contributed by atoms with van der Waals surface area (Å²) in [6.45, 7) is 0.568. The van der Waals surface area contributed by atoms with Crippen molar-refractivity contribution < 1.29 is 8.42 Å². The first-order valence-electron chi connectivity index (χ1n) is 5.31. The predicted octanol–water partition coefficient (Wildman–Crippen LogP) is 1.16. The van der Waals surface area contributed by atoms with Crippen LogP contribution in [0.25, 0.3) is 0 Å². The Morgan fingerprint density at radius 3 is 2.94 bits per heavy atom. The Labute approximate surface area is 105 Å². The van der Waals surface area contributed by atoms with Gasteiger partial charge in [-0.25, -0.2) is 13.4 Å². The third-order valence-electron chi connectivity index (χ3n) is 2.77. The summed E-state index contributed by atoms with van der Waals surface area (Å²) in [4.78, 5) is 4.06. The van der Waals surface area contributed by atoms with Crippen LogP contribution in [0.5, 0.6) is 0 Å². The van der Waals surface area contributed by atoms with Crippen LogP contribution in [0.1, 0.15) is 6.42 Å². The Morgan fingerprint density at radius 2 is 2.35 bits per heavy atom. The molecule has 94 valence electrons. The van der Waals surface area contributed by atoms with Crippen molar-refractivity contribution in [3.63, 3.8) is 0 Å². The minimum atomic E-state index is -2.83. The molecule has 1 fully saturated rings. The van der Waals surface area contributed by atoms with Gasteiger partial charge in [0.1, 0.15) is 5.82 Å². The van der Waals surface area contributed by atoms with Gasteiger partial charge in [0.15, 0.2) is 9.84 Å². The highest BCUT2D eigenvalue weighted by molar-refractivity contribution is 7.91. The molecule has 0 aliphatic carbocycles. The van der Waals surface area contributed by atoms with E-state index in [0.29, 0.717) is 29.5 Å². The van der Waals surface area contributed by atoms with Crippen LogP contribution in [0.15, 0.2) is 12.3 Å². The van der Waals surface area contributed by atoms with Gasteiger partial charge in [-0.3, -0.25) is 0 Å². The zero-order valence-corrected chi connectivity index (χ0v) is 10.8. The molecule has 2 rings (SSSR count). The van der Waals surface area contributed by atoms with Crippen molar-refractivity contribution in [3.8, 4) is 0 Å². The number of nitrogens with two attached hydrogens (primary N) is 1. The van der Waals surface area contributed by atoms with Gasteiger partial charge < -0.3 is 11.1 Å². The second kappa shape index (κ2) is 4.70. The third-order valence-corrected chi connectivity index (χ3v) is 4.81. The van der Waals surface area contributed by atoms with Gasteiger partial charge in [-0.2, -0.15) is 0 Å². The van der Waals surface area contributed by atoms with E-state index in [1.165, 1.54) is 6.20 Å². The topological polar surface area (TPSA) is 85.1 Å². The first-order valence-corrected chi connectivity index (χ1v) is 7.51. The molecular weight excluding hydrogens is 262 g/mol. The highest BCUT2D eigenvalue weighted by atomic mass is 35.5. The van der Waals surface area contributed by atoms with E-state index in [1.807, 2.05) is 0 Å². The molecule has 1 atom stereocenters. The molecule has 17 heavy (non-hydrogen) atoms. The Bertz CT molecular complexity index is 518. The van der Waals surface area contributed by atoms with Crippen LogP contribution in [-0.2, 0) is 9.84 Å². The maximum Gasteiger partial charge on any atom is 0.150 e. The Hall–Kier alpha value is -1.01. The average molecular weight is 276 g/mol. The number of nitrogens with one attached hydrogen (secondary N) is 1. The van der Waals surface area contributed by atoms with Crippen LogP contribution in [0.4, 0.5) is 11.5 Å². The Kier molecular flexibility index (Phi) is 3.44. The van der Waals surface area contributed by atoms with Crippen molar-refractivity contribution in [1.29, 1.82) is 0 Å². The van der Waals surface area contributed by atoms with Gasteiger partial charge in [-0.05, 0) is 18.4 Å². The van der Waals surface area contributed by atoms with Crippen LogP contribution in [0.2, 0.25) is 5.02 Å². The lowest BCUT2D eigenvalue weighted by molar-refractivity contribution is 0.596. The van der Waals surface area contributed by atoms with E-state index >= 15 is 0 Å². The highest BCUT2D eigenvalue weighted by Gasteiger charge is 2.27. The molecule has 1 unspecified atom stereocenters. The fourth-order valence-corrected chi connectivity index (χ4v) is 3.90. The largest absolute Gasteiger partial charge is 0.396 e. The highest BCUT2D eigenvalue weighted by Crippen LogP contribution is 2.22. The quantitative estimate of drug-likeness (QED) is 0.865. The van der Waals surface area contributed by atoms with Crippen molar-refractivity contribution in [2.45, 2.75) is 6.42 Å². The standard InChI is InChI=1S/C10H14ClN3O2S/c11-8-3-9(12)10(14-5-8)13-4-7-1-2-17(15,16)6-7/h3,5,7H,1-2,4,6,12H2,(H,13,14). The summed E-state index contributed by atoms with van der Waals surface area (Å²) in [6, 6.07) is 1.61. The molecule has 1 saturated heterocycles. The summed E-state index contributed by atoms with van der Waals surface area (Å²) < 4.78 is 22.6. The van der Waals surface area contributed by atoms with Gasteiger partial charge in [-0.1, -0.05) is 11.6 Å². The minimum absolute atomic E-state index is 0.136. The van der Waals surface area contributed by atoms with Gasteiger partial charge in [0.25, 0.3) is 0 Å². The molecule has 3 N–H and O–H groups in total. The molecule has 0 radical (unpaired) electrons. The van der Waals surface area contributed by atoms with Crippen molar-refractivity contribution in [2.24, 2.45) is 5.92 Å². The number of hydrogen-bond acceptors (Lipinski definition) is 5. The molecule has 7 heteroatoms. The smallest absolute Gasteiger partial charge is 0.150 e. The molecule has 1 aliphatic heterocycles. The van der Waals surface area contributed by atoms with E-state index < -0.39 is 9.84 Å². The molecule has 0 saturated carbocycles. The second-order valence-corrected chi connectivity index (χ2v) is 6.91. The van der Waals surface area contributed by atoms with Gasteiger partial charge in [0.05, 0.1) is 22.2 Å². The van der Waals surface area contributed by atoms with Crippen LogP contribution in [0.3, 0.4) is 0 Å². The number of anilines is 2. The lowest BCUT2D eigenvalue weighted by Gasteiger charge is -2.11. The van der Waals surface area contributed by atoms with Gasteiger partial charge in [0.2, 0.25) is 0 Å². The zero-order valence-electron chi connectivity index (χ0n) is 9.19. The SMILES string of the molecule is Nc1cc(Cl)cnc1NCC1CCS(=O)(=O)C1. The number of nitrogen functional groups attached to an aromatic ring is 1. The maximum atomic E-state index is 11.3. The van der Waals surface area contributed by atoms with Gasteiger partial charge in [-0.15, -0.1) is 0 Å². The van der Waals surface area contributed by atoms with Crippen LogP contribution < -0.4 is 11.1 Å². The number of sulfone groups is 1. The molecule has 2 heterocycles. The molecule has 0 spiro atoms. The summed E-state index contributed by atoms with van der Waals surface area (Å²) >= 11 is 5.73. The van der Waals surface area contributed by atoms with Crippen LogP contribution in [-0.4, -0.2) is 31.5 Å². The number of hydrogen-bond donors (Lipinski definition) is 2. The first-order chi connectivity index (χ1) is 7.96. The normalized spacial score (nSPS) is 22.5. The summed E-state index contributed by atoms with van der Waals surface area (Å²) in [5, 5.41) is 3.54. The average Bonchev–Trinajstić information content (AvgIpc) is 2.57. The van der Waals surface area contributed by atoms with Crippen molar-refractivity contribution >= 4 is 32.9 Å². The van der Waals surface area contributed by atoms with Crippen molar-refractivity contribution in [2.75, 3.05) is 29.1 Å². The number of aromatic nitrogens is 1. The van der Waals surface area contributed by atoms with E-state index in [0.717, 1.165) is 0 Å².